The van der Waals surface area contributed by atoms with Crippen LogP contribution >= 0.6 is 15.9 Å². The van der Waals surface area contributed by atoms with Gasteiger partial charge in [-0.3, -0.25) is 4.68 Å². The number of rotatable bonds is 2. The lowest BCUT2D eigenvalue weighted by atomic mass is 10.2. The fourth-order valence-corrected chi connectivity index (χ4v) is 4.85. The summed E-state index contributed by atoms with van der Waals surface area (Å²) in [6, 6.07) is 2.18. The lowest BCUT2D eigenvalue weighted by molar-refractivity contribution is 0.494. The van der Waals surface area contributed by atoms with Crippen LogP contribution in [0.1, 0.15) is 23.7 Å². The summed E-state index contributed by atoms with van der Waals surface area (Å²) in [6.07, 6.45) is 5.20. The molecular weight excluding hydrogens is 382 g/mol. The second-order valence-corrected chi connectivity index (χ2v) is 9.14. The first kappa shape index (κ1) is 15.1. The largest absolute Gasteiger partial charge is 0.353 e. The third-order valence-corrected chi connectivity index (χ3v) is 6.39. The van der Waals surface area contributed by atoms with Gasteiger partial charge in [0.05, 0.1) is 33.9 Å². The van der Waals surface area contributed by atoms with E-state index in [1.54, 1.807) is 6.20 Å². The molecule has 9 heteroatoms. The third kappa shape index (κ3) is 2.99. The molecule has 2 aliphatic heterocycles. The number of halogens is 1. The van der Waals surface area contributed by atoms with E-state index in [0.717, 1.165) is 41.1 Å². The van der Waals surface area contributed by atoms with Crippen molar-refractivity contribution in [3.63, 3.8) is 0 Å². The number of fused-ring (bicyclic) bond motifs is 1. The first-order valence-corrected chi connectivity index (χ1v) is 10.1. The van der Waals surface area contributed by atoms with Crippen LogP contribution in [0.15, 0.2) is 22.9 Å². The molecule has 0 aromatic carbocycles. The van der Waals surface area contributed by atoms with Crippen molar-refractivity contribution >= 4 is 31.6 Å². The quantitative estimate of drug-likeness (QED) is 0.760. The van der Waals surface area contributed by atoms with Gasteiger partial charge in [-0.15, -0.1) is 5.10 Å². The highest BCUT2D eigenvalue weighted by atomic mass is 79.9. The molecule has 0 N–H and O–H groups in total. The topological polar surface area (TPSA) is 81.0 Å². The maximum Gasteiger partial charge on any atom is 0.154 e. The molecule has 0 amide bonds. The van der Waals surface area contributed by atoms with Crippen LogP contribution in [-0.4, -0.2) is 47.2 Å². The number of nitrogens with zero attached hydrogens (tertiary/aromatic N) is 5. The summed E-state index contributed by atoms with van der Waals surface area (Å²) in [6.45, 7) is 1.66. The highest BCUT2D eigenvalue weighted by Crippen LogP contribution is 2.28. The van der Waals surface area contributed by atoms with Gasteiger partial charge in [-0.2, -0.15) is 10.2 Å². The van der Waals surface area contributed by atoms with Crippen LogP contribution in [0.3, 0.4) is 0 Å². The Hall–Kier alpha value is -1.48. The predicted molar refractivity (Wildman–Crippen MR) is 89.0 cm³/mol. The molecule has 0 aliphatic carbocycles. The molecule has 1 unspecified atom stereocenters. The Morgan fingerprint density at radius 3 is 2.96 bits per heavy atom. The van der Waals surface area contributed by atoms with Crippen LogP contribution < -0.4 is 4.90 Å². The van der Waals surface area contributed by atoms with Crippen molar-refractivity contribution in [3.8, 4) is 0 Å². The molecule has 0 radical (unpaired) electrons. The van der Waals surface area contributed by atoms with Gasteiger partial charge in [-0.25, -0.2) is 8.42 Å². The van der Waals surface area contributed by atoms with E-state index >= 15 is 0 Å². The summed E-state index contributed by atoms with van der Waals surface area (Å²) in [5.41, 5.74) is 1.61. The smallest absolute Gasteiger partial charge is 0.154 e. The van der Waals surface area contributed by atoms with Crippen molar-refractivity contribution in [2.24, 2.45) is 0 Å². The first-order chi connectivity index (χ1) is 11.0. The Morgan fingerprint density at radius 1 is 1.30 bits per heavy atom. The minimum Gasteiger partial charge on any atom is -0.353 e. The van der Waals surface area contributed by atoms with Gasteiger partial charge in [-0.1, -0.05) is 0 Å². The van der Waals surface area contributed by atoms with E-state index in [4.69, 9.17) is 0 Å². The molecule has 122 valence electrons. The van der Waals surface area contributed by atoms with Crippen molar-refractivity contribution in [2.45, 2.75) is 24.6 Å². The summed E-state index contributed by atoms with van der Waals surface area (Å²) in [7, 11) is -2.99. The molecule has 1 fully saturated rings. The zero-order chi connectivity index (χ0) is 16.0. The third-order valence-electron chi connectivity index (χ3n) is 4.40. The van der Waals surface area contributed by atoms with E-state index in [9.17, 15) is 8.42 Å². The molecule has 0 spiro atoms. The van der Waals surface area contributed by atoms with Crippen LogP contribution in [0.2, 0.25) is 0 Å². The monoisotopic (exact) mass is 397 g/mol. The maximum absolute atomic E-state index is 11.8. The minimum atomic E-state index is -2.99. The average molecular weight is 398 g/mol. The van der Waals surface area contributed by atoms with Gasteiger partial charge in [0, 0.05) is 25.7 Å². The molecule has 1 saturated heterocycles. The zero-order valence-corrected chi connectivity index (χ0v) is 14.8. The minimum absolute atomic E-state index is 0.0776. The van der Waals surface area contributed by atoms with E-state index in [1.807, 2.05) is 16.9 Å². The SMILES string of the molecule is O=S1(=O)CCc2nnc(N3CCC(n4cc(Br)cn4)C3)cc2C1. The zero-order valence-electron chi connectivity index (χ0n) is 12.4. The Kier molecular flexibility index (Phi) is 3.64. The van der Waals surface area contributed by atoms with E-state index in [2.05, 4.69) is 36.1 Å². The molecule has 1 atom stereocenters. The number of hydrogen-bond donors (Lipinski definition) is 0. The van der Waals surface area contributed by atoms with Crippen LogP contribution in [0.5, 0.6) is 0 Å². The van der Waals surface area contributed by atoms with Gasteiger partial charge in [-0.05, 0) is 34.0 Å². The molecule has 0 saturated carbocycles. The van der Waals surface area contributed by atoms with Crippen LogP contribution in [0.25, 0.3) is 0 Å². The van der Waals surface area contributed by atoms with Gasteiger partial charge < -0.3 is 4.90 Å². The van der Waals surface area contributed by atoms with E-state index in [1.165, 1.54) is 0 Å². The molecule has 4 heterocycles. The molecule has 23 heavy (non-hydrogen) atoms. The molecular formula is C14H16BrN5O2S. The van der Waals surface area contributed by atoms with Crippen molar-refractivity contribution < 1.29 is 8.42 Å². The summed E-state index contributed by atoms with van der Waals surface area (Å²) < 4.78 is 26.5. The fourth-order valence-electron chi connectivity index (χ4n) is 3.18. The van der Waals surface area contributed by atoms with Gasteiger partial charge in [0.25, 0.3) is 0 Å². The Bertz CT molecular complexity index is 851. The van der Waals surface area contributed by atoms with Gasteiger partial charge in [0.2, 0.25) is 0 Å². The molecule has 0 bridgehead atoms. The Balaban J connectivity index is 1.55. The standard InChI is InChI=1S/C14H16BrN5O2S/c15-11-6-16-20(7-11)12-1-3-19(8-12)14-5-10-9-23(21,22)4-2-13(10)17-18-14/h5-7,12H,1-4,8-9H2. The number of aromatic nitrogens is 4. The molecule has 2 aliphatic rings. The average Bonchev–Trinajstić information content (AvgIpc) is 3.14. The summed E-state index contributed by atoms with van der Waals surface area (Å²) in [4.78, 5) is 2.15. The number of hydrogen-bond acceptors (Lipinski definition) is 6. The van der Waals surface area contributed by atoms with Crippen LogP contribution in [0, 0.1) is 0 Å². The van der Waals surface area contributed by atoms with E-state index in [-0.39, 0.29) is 11.5 Å². The van der Waals surface area contributed by atoms with Crippen molar-refractivity contribution in [1.29, 1.82) is 0 Å². The van der Waals surface area contributed by atoms with Crippen molar-refractivity contribution in [2.75, 3.05) is 23.7 Å². The first-order valence-electron chi connectivity index (χ1n) is 7.51. The van der Waals surface area contributed by atoms with Crippen molar-refractivity contribution in [1.82, 2.24) is 20.0 Å². The highest BCUT2D eigenvalue weighted by molar-refractivity contribution is 9.10. The van der Waals surface area contributed by atoms with Crippen LogP contribution in [-0.2, 0) is 22.0 Å². The maximum atomic E-state index is 11.8. The van der Waals surface area contributed by atoms with Crippen LogP contribution in [0.4, 0.5) is 5.82 Å². The van der Waals surface area contributed by atoms with Gasteiger partial charge >= 0.3 is 0 Å². The molecule has 7 nitrogen and oxygen atoms in total. The number of anilines is 1. The Labute approximate surface area is 142 Å². The predicted octanol–water partition coefficient (Wildman–Crippen LogP) is 1.36. The lowest BCUT2D eigenvalue weighted by Crippen LogP contribution is -2.25. The summed E-state index contributed by atoms with van der Waals surface area (Å²) in [5, 5.41) is 12.9. The second-order valence-electron chi connectivity index (χ2n) is 6.04. The number of sulfone groups is 1. The Morgan fingerprint density at radius 2 is 2.17 bits per heavy atom. The second kappa shape index (κ2) is 5.55. The highest BCUT2D eigenvalue weighted by Gasteiger charge is 2.28. The van der Waals surface area contributed by atoms with Gasteiger partial charge in [0.1, 0.15) is 0 Å². The summed E-state index contributed by atoms with van der Waals surface area (Å²) in [5.74, 6) is 1.01. The number of aryl methyl sites for hydroxylation is 1. The molecule has 2 aromatic heterocycles. The normalized spacial score (nSPS) is 23.0. The van der Waals surface area contributed by atoms with Crippen molar-refractivity contribution in [3.05, 3.63) is 34.2 Å². The van der Waals surface area contributed by atoms with E-state index < -0.39 is 9.84 Å². The molecule has 2 aromatic rings. The van der Waals surface area contributed by atoms with Gasteiger partial charge in [0.15, 0.2) is 15.7 Å². The summed E-state index contributed by atoms with van der Waals surface area (Å²) >= 11 is 3.41. The molecule has 4 rings (SSSR count). The lowest BCUT2D eigenvalue weighted by Gasteiger charge is -2.20. The van der Waals surface area contributed by atoms with E-state index in [0.29, 0.717) is 12.5 Å². The fraction of sp³-hybridized carbons (Fsp3) is 0.500.